The van der Waals surface area contributed by atoms with Crippen molar-refractivity contribution in [2.75, 3.05) is 6.54 Å². The van der Waals surface area contributed by atoms with Crippen LogP contribution in [0.15, 0.2) is 4.99 Å². The van der Waals surface area contributed by atoms with Crippen LogP contribution in [-0.2, 0) is 24.0 Å². The minimum absolute atomic E-state index is 0.0152. The lowest BCUT2D eigenvalue weighted by Gasteiger charge is -2.32. The van der Waals surface area contributed by atoms with Crippen molar-refractivity contribution in [3.05, 3.63) is 0 Å². The van der Waals surface area contributed by atoms with E-state index >= 15 is 0 Å². The predicted molar refractivity (Wildman–Crippen MR) is 179 cm³/mol. The number of ketones is 1. The van der Waals surface area contributed by atoms with Crippen LogP contribution in [0.25, 0.3) is 0 Å². The van der Waals surface area contributed by atoms with E-state index in [0.29, 0.717) is 12.3 Å². The molecule has 0 radical (unpaired) electrons. The summed E-state index contributed by atoms with van der Waals surface area (Å²) < 4.78 is 0. The Balaban J connectivity index is 5.90. The summed E-state index contributed by atoms with van der Waals surface area (Å²) >= 11 is 0. The van der Waals surface area contributed by atoms with Crippen molar-refractivity contribution in [2.24, 2.45) is 57.7 Å². The molecule has 0 rings (SSSR count). The number of primary amides is 1. The van der Waals surface area contributed by atoms with E-state index in [1.54, 1.807) is 13.8 Å². The average Bonchev–Trinajstić information content (AvgIpc) is 2.97. The van der Waals surface area contributed by atoms with Crippen LogP contribution < -0.4 is 33.2 Å². The van der Waals surface area contributed by atoms with Crippen molar-refractivity contribution in [1.29, 1.82) is 0 Å². The van der Waals surface area contributed by atoms with Gasteiger partial charge in [0.15, 0.2) is 17.8 Å². The van der Waals surface area contributed by atoms with Crippen molar-refractivity contribution in [3.8, 4) is 0 Å². The Hall–Kier alpha value is -3.30. The molecule has 1 unspecified atom stereocenters. The molecule has 0 aromatic carbocycles. The normalized spacial score (nSPS) is 18.0. The molecule has 12 N–H and O–H groups in total. The third kappa shape index (κ3) is 15.4. The highest BCUT2D eigenvalue weighted by atomic mass is 16.3. The molecule has 10 atom stereocenters. The number of rotatable bonds is 22. The number of amides is 4. The third-order valence-electron chi connectivity index (χ3n) is 8.42. The first-order valence-corrected chi connectivity index (χ1v) is 16.4. The maximum absolute atomic E-state index is 13.2. The third-order valence-corrected chi connectivity index (χ3v) is 8.42. The summed E-state index contributed by atoms with van der Waals surface area (Å²) in [6.45, 7) is 15.7. The number of hydrogen-bond acceptors (Lipinski definition) is 9. The van der Waals surface area contributed by atoms with E-state index in [-0.39, 0.29) is 49.4 Å². The van der Waals surface area contributed by atoms with Gasteiger partial charge in [0.2, 0.25) is 17.7 Å². The highest BCUT2D eigenvalue weighted by Crippen LogP contribution is 2.21. The molecule has 272 valence electrons. The zero-order valence-electron chi connectivity index (χ0n) is 29.5. The first-order valence-electron chi connectivity index (χ1n) is 16.4. The smallest absolute Gasteiger partial charge is 0.252 e. The second-order valence-electron chi connectivity index (χ2n) is 13.7. The number of nitrogens with one attached hydrogen (secondary N) is 3. The largest absolute Gasteiger partial charge is 0.392 e. The molecular weight excluding hydrogens is 610 g/mol. The molecule has 0 fully saturated rings. The van der Waals surface area contributed by atoms with Gasteiger partial charge in [-0.2, -0.15) is 0 Å². The van der Waals surface area contributed by atoms with Crippen molar-refractivity contribution in [1.82, 2.24) is 16.0 Å². The second kappa shape index (κ2) is 20.8. The van der Waals surface area contributed by atoms with Gasteiger partial charge in [0.1, 0.15) is 12.1 Å². The van der Waals surface area contributed by atoms with Crippen LogP contribution in [0.5, 0.6) is 0 Å². The van der Waals surface area contributed by atoms with E-state index in [4.69, 9.17) is 17.2 Å². The van der Waals surface area contributed by atoms with Crippen LogP contribution in [0.1, 0.15) is 88.0 Å². The highest BCUT2D eigenvalue weighted by molar-refractivity contribution is 5.92. The molecule has 0 saturated carbocycles. The SMILES string of the molecule is CC(C)CC(=O)[C@@H](NC(=O)[C@H](O)[C@H](O)C(CCCN=C(N)N)NC(=O)[C@@H](C)NC(=O)[C@H](C)[C@H](O)[C@H](C)CC(C)C)[C@@H](C)[C@@H](C)C(N)=O. The lowest BCUT2D eigenvalue weighted by Crippen LogP contribution is -2.59. The maximum atomic E-state index is 13.2. The van der Waals surface area contributed by atoms with Crippen LogP contribution in [0.3, 0.4) is 0 Å². The molecule has 0 aliphatic rings. The van der Waals surface area contributed by atoms with Crippen LogP contribution in [0.4, 0.5) is 0 Å². The Kier molecular flexibility index (Phi) is 19.4. The number of aliphatic imine (C=N–C) groups is 1. The van der Waals surface area contributed by atoms with Gasteiger partial charge in [0, 0.05) is 18.9 Å². The number of aliphatic hydroxyl groups is 3. The Labute approximate surface area is 279 Å². The molecule has 0 aromatic heterocycles. The van der Waals surface area contributed by atoms with Gasteiger partial charge in [-0.3, -0.25) is 29.0 Å². The molecule has 0 aliphatic carbocycles. The molecule has 0 heterocycles. The second-order valence-corrected chi connectivity index (χ2v) is 13.7. The summed E-state index contributed by atoms with van der Waals surface area (Å²) in [7, 11) is 0. The fourth-order valence-corrected chi connectivity index (χ4v) is 5.29. The predicted octanol–water partition coefficient (Wildman–Crippen LogP) is -0.712. The summed E-state index contributed by atoms with van der Waals surface area (Å²) in [5, 5.41) is 40.3. The molecule has 47 heavy (non-hydrogen) atoms. The molecule has 0 spiro atoms. The number of guanidine groups is 1. The van der Waals surface area contributed by atoms with Gasteiger partial charge in [0.25, 0.3) is 5.91 Å². The topological polar surface area (TPSA) is 273 Å². The summed E-state index contributed by atoms with van der Waals surface area (Å²) in [6.07, 6.45) is -3.86. The number of nitrogens with two attached hydrogens (primary N) is 3. The van der Waals surface area contributed by atoms with Crippen LogP contribution in [0, 0.1) is 35.5 Å². The zero-order chi connectivity index (χ0) is 36.8. The van der Waals surface area contributed by atoms with E-state index < -0.39 is 77.8 Å². The highest BCUT2D eigenvalue weighted by Gasteiger charge is 2.38. The number of aliphatic hydroxyl groups excluding tert-OH is 3. The van der Waals surface area contributed by atoms with Gasteiger partial charge < -0.3 is 48.5 Å². The number of nitrogens with zero attached hydrogens (tertiary/aromatic N) is 1. The lowest BCUT2D eigenvalue weighted by atomic mass is 9.84. The van der Waals surface area contributed by atoms with Gasteiger partial charge in [-0.25, -0.2) is 0 Å². The van der Waals surface area contributed by atoms with Gasteiger partial charge in [-0.1, -0.05) is 55.4 Å². The van der Waals surface area contributed by atoms with Crippen LogP contribution in [0.2, 0.25) is 0 Å². The minimum atomic E-state index is -2.10. The van der Waals surface area contributed by atoms with Crippen LogP contribution >= 0.6 is 0 Å². The maximum Gasteiger partial charge on any atom is 0.252 e. The summed E-state index contributed by atoms with van der Waals surface area (Å²) in [6, 6.07) is -3.50. The van der Waals surface area contributed by atoms with Gasteiger partial charge in [0.05, 0.1) is 24.1 Å². The van der Waals surface area contributed by atoms with Crippen molar-refractivity contribution in [3.63, 3.8) is 0 Å². The number of carbonyl (C=O) groups is 5. The van der Waals surface area contributed by atoms with Gasteiger partial charge >= 0.3 is 0 Å². The quantitative estimate of drug-likeness (QED) is 0.0396. The Morgan fingerprint density at radius 1 is 0.702 bits per heavy atom. The number of Topliss-reactive ketones (excluding diaryl/α,β-unsaturated/α-hetero) is 1. The van der Waals surface area contributed by atoms with Gasteiger partial charge in [-0.15, -0.1) is 0 Å². The van der Waals surface area contributed by atoms with Crippen LogP contribution in [-0.4, -0.2) is 93.7 Å². The van der Waals surface area contributed by atoms with Crippen molar-refractivity contribution >= 4 is 35.4 Å². The molecule has 0 aliphatic heterocycles. The Morgan fingerprint density at radius 3 is 1.77 bits per heavy atom. The van der Waals surface area contributed by atoms with E-state index in [0.717, 1.165) is 0 Å². The lowest BCUT2D eigenvalue weighted by molar-refractivity contribution is -0.142. The fourth-order valence-electron chi connectivity index (χ4n) is 5.29. The average molecular weight is 672 g/mol. The summed E-state index contributed by atoms with van der Waals surface area (Å²) in [5.41, 5.74) is 16.2. The van der Waals surface area contributed by atoms with Gasteiger partial charge in [-0.05, 0) is 49.9 Å². The molecule has 0 bridgehead atoms. The number of hydrogen-bond donors (Lipinski definition) is 9. The minimum Gasteiger partial charge on any atom is -0.392 e. The Morgan fingerprint density at radius 2 is 1.28 bits per heavy atom. The fraction of sp³-hybridized carbons (Fsp3) is 0.812. The van der Waals surface area contributed by atoms with Crippen molar-refractivity contribution < 1.29 is 39.3 Å². The zero-order valence-corrected chi connectivity index (χ0v) is 29.5. The van der Waals surface area contributed by atoms with E-state index in [1.165, 1.54) is 13.8 Å². The van der Waals surface area contributed by atoms with E-state index in [1.807, 2.05) is 34.6 Å². The number of carbonyl (C=O) groups excluding carboxylic acids is 5. The molecule has 15 nitrogen and oxygen atoms in total. The first kappa shape index (κ1) is 43.7. The van der Waals surface area contributed by atoms with E-state index in [9.17, 15) is 39.3 Å². The molecular formula is C32H61N7O8. The molecule has 15 heteroatoms. The standard InChI is InChI=1S/C32H61N7O8/c1-15(2)13-17(5)25(41)20(8)29(45)37-21(9)30(46)38-22(11-10-12-36-32(34)35)26(42)27(43)31(47)39-24(23(40)14-16(3)4)18(6)19(7)28(33)44/h15-22,24-27,41-43H,10-14H2,1-9H3,(H2,33,44)(H,37,45)(H,38,46)(H,39,47)(H4,34,35,36)/t17-,18+,19-,20-,21-,22?,24+,25-,26-,27-/m1/s1. The molecule has 0 aromatic rings. The Bertz CT molecular complexity index is 1070. The molecule has 4 amide bonds. The van der Waals surface area contributed by atoms with E-state index in [2.05, 4.69) is 20.9 Å². The summed E-state index contributed by atoms with van der Waals surface area (Å²) in [5.74, 6) is -5.79. The monoisotopic (exact) mass is 671 g/mol. The summed E-state index contributed by atoms with van der Waals surface area (Å²) in [4.78, 5) is 68.0. The first-order chi connectivity index (χ1) is 21.6. The van der Waals surface area contributed by atoms with Crippen molar-refractivity contribution in [2.45, 2.75) is 124 Å². The molecule has 0 saturated heterocycles.